The summed E-state index contributed by atoms with van der Waals surface area (Å²) in [5, 5.41) is 2.93. The van der Waals surface area contributed by atoms with E-state index in [1.165, 1.54) is 28.9 Å². The number of nitrogens with one attached hydrogen (secondary N) is 3. The lowest BCUT2D eigenvalue weighted by atomic mass is 10.1. The minimum Gasteiger partial charge on any atom is -0.496 e. The van der Waals surface area contributed by atoms with Gasteiger partial charge in [-0.15, -0.1) is 0 Å². The third-order valence-corrected chi connectivity index (χ3v) is 5.82. The van der Waals surface area contributed by atoms with Gasteiger partial charge in [0.1, 0.15) is 44.3 Å². The lowest BCUT2D eigenvalue weighted by Crippen LogP contribution is -3.29. The zero-order valence-corrected chi connectivity index (χ0v) is 17.8. The molecule has 0 radical (unpaired) electrons. The highest BCUT2D eigenvalue weighted by Crippen LogP contribution is 2.18. The molecule has 0 aromatic heterocycles. The molecule has 1 heterocycles. The monoisotopic (exact) mass is 415 g/mol. The van der Waals surface area contributed by atoms with E-state index in [-0.39, 0.29) is 23.5 Å². The van der Waals surface area contributed by atoms with E-state index in [0.29, 0.717) is 23.5 Å². The van der Waals surface area contributed by atoms with E-state index in [0.717, 1.165) is 31.7 Å². The van der Waals surface area contributed by atoms with Crippen LogP contribution in [0.25, 0.3) is 0 Å². The van der Waals surface area contributed by atoms with E-state index < -0.39 is 0 Å². The summed E-state index contributed by atoms with van der Waals surface area (Å²) in [7, 11) is 1.60. The molecular formula is C23H30FN3O3+2. The number of carbonyl (C=O) groups excluding carboxylic acids is 2. The molecule has 0 aliphatic carbocycles. The molecule has 1 aliphatic rings. The molecule has 1 amide bonds. The summed E-state index contributed by atoms with van der Waals surface area (Å²) in [5.74, 6) is 0.368. The molecule has 3 rings (SSSR count). The summed E-state index contributed by atoms with van der Waals surface area (Å²) in [4.78, 5) is 26.8. The van der Waals surface area contributed by atoms with Gasteiger partial charge in [-0.3, -0.25) is 9.59 Å². The van der Waals surface area contributed by atoms with Crippen LogP contribution in [0.15, 0.2) is 42.5 Å². The van der Waals surface area contributed by atoms with Gasteiger partial charge in [0.25, 0.3) is 5.91 Å². The fourth-order valence-corrected chi connectivity index (χ4v) is 3.94. The predicted octanol–water partition coefficient (Wildman–Crippen LogP) is 0.348. The summed E-state index contributed by atoms with van der Waals surface area (Å²) >= 11 is 0. The fourth-order valence-electron chi connectivity index (χ4n) is 3.94. The molecule has 1 aliphatic heterocycles. The first-order valence-electron chi connectivity index (χ1n) is 10.3. The molecule has 2 aromatic carbocycles. The summed E-state index contributed by atoms with van der Waals surface area (Å²) in [6.07, 6.45) is 0. The van der Waals surface area contributed by atoms with Crippen molar-refractivity contribution in [3.05, 3.63) is 59.4 Å². The Labute approximate surface area is 176 Å². The number of hydrogen-bond acceptors (Lipinski definition) is 3. The van der Waals surface area contributed by atoms with Crippen molar-refractivity contribution in [2.75, 3.05) is 38.6 Å². The molecule has 6 nitrogen and oxygen atoms in total. The van der Waals surface area contributed by atoms with Crippen LogP contribution in [0.2, 0.25) is 0 Å². The van der Waals surface area contributed by atoms with Gasteiger partial charge in [-0.1, -0.05) is 12.1 Å². The van der Waals surface area contributed by atoms with Gasteiger partial charge >= 0.3 is 0 Å². The molecule has 7 heteroatoms. The SMILES string of the molecule is COc1ccc(F)cc1C[NH+]1CC[NH+]([C@@H](C)C(=O)Nc2cccc(C(C)=O)c2)CC1. The van der Waals surface area contributed by atoms with Crippen molar-refractivity contribution in [1.29, 1.82) is 0 Å². The maximum atomic E-state index is 13.6. The summed E-state index contributed by atoms with van der Waals surface area (Å²) in [6.45, 7) is 7.64. The van der Waals surface area contributed by atoms with Gasteiger partial charge < -0.3 is 19.9 Å². The minimum atomic E-state index is -0.256. The van der Waals surface area contributed by atoms with Crippen LogP contribution in [0.4, 0.5) is 10.1 Å². The van der Waals surface area contributed by atoms with Crippen molar-refractivity contribution in [2.24, 2.45) is 0 Å². The first-order valence-corrected chi connectivity index (χ1v) is 10.3. The van der Waals surface area contributed by atoms with Gasteiger partial charge in [0.2, 0.25) is 0 Å². The number of methoxy groups -OCH3 is 1. The molecule has 0 unspecified atom stereocenters. The number of Topliss-reactive ketones (excluding diaryl/α,β-unsaturated/α-hetero) is 1. The zero-order valence-electron chi connectivity index (χ0n) is 17.8. The quantitative estimate of drug-likeness (QED) is 0.572. The summed E-state index contributed by atoms with van der Waals surface area (Å²) in [6, 6.07) is 11.4. The number of amides is 1. The van der Waals surface area contributed by atoms with Crippen LogP contribution in [0, 0.1) is 5.82 Å². The molecule has 0 bridgehead atoms. The van der Waals surface area contributed by atoms with Crippen molar-refractivity contribution in [3.8, 4) is 5.75 Å². The van der Waals surface area contributed by atoms with E-state index in [4.69, 9.17) is 4.74 Å². The van der Waals surface area contributed by atoms with E-state index >= 15 is 0 Å². The van der Waals surface area contributed by atoms with Crippen LogP contribution in [0.5, 0.6) is 5.75 Å². The number of halogens is 1. The Balaban J connectivity index is 1.54. The molecule has 0 spiro atoms. The smallest absolute Gasteiger partial charge is 0.282 e. The number of anilines is 1. The van der Waals surface area contributed by atoms with Gasteiger partial charge in [-0.2, -0.15) is 0 Å². The number of ether oxygens (including phenoxy) is 1. The normalized spacial score (nSPS) is 19.7. The Morgan fingerprint density at radius 2 is 1.87 bits per heavy atom. The number of quaternary nitrogens is 2. The first-order chi connectivity index (χ1) is 14.4. The lowest BCUT2D eigenvalue weighted by molar-refractivity contribution is -1.02. The minimum absolute atomic E-state index is 0.0289. The lowest BCUT2D eigenvalue weighted by Gasteiger charge is -2.32. The van der Waals surface area contributed by atoms with Crippen molar-refractivity contribution in [2.45, 2.75) is 26.4 Å². The van der Waals surface area contributed by atoms with Gasteiger partial charge in [0.05, 0.1) is 12.7 Å². The number of rotatable bonds is 7. The Morgan fingerprint density at radius 3 is 2.53 bits per heavy atom. The number of carbonyl (C=O) groups is 2. The van der Waals surface area contributed by atoms with E-state index in [1.807, 2.05) is 6.92 Å². The van der Waals surface area contributed by atoms with Crippen LogP contribution >= 0.6 is 0 Å². The molecular weight excluding hydrogens is 385 g/mol. The standard InChI is InChI=1S/C23H28FN3O3/c1-16(23(29)25-21-6-4-5-18(14-21)17(2)28)27-11-9-26(10-12-27)15-19-13-20(24)7-8-22(19)30-3/h4-8,13-14,16H,9-12,15H2,1-3H3,(H,25,29)/p+2/t16-/m0/s1. The summed E-state index contributed by atoms with van der Waals surface area (Å²) in [5.41, 5.74) is 2.09. The van der Waals surface area contributed by atoms with E-state index in [9.17, 15) is 14.0 Å². The van der Waals surface area contributed by atoms with Crippen LogP contribution in [0.1, 0.15) is 29.8 Å². The zero-order chi connectivity index (χ0) is 21.7. The second kappa shape index (κ2) is 9.82. The van der Waals surface area contributed by atoms with Crippen molar-refractivity contribution in [3.63, 3.8) is 0 Å². The molecule has 0 saturated carbocycles. The highest BCUT2D eigenvalue weighted by Gasteiger charge is 2.31. The molecule has 1 fully saturated rings. The van der Waals surface area contributed by atoms with Crippen LogP contribution in [-0.4, -0.2) is 51.0 Å². The maximum Gasteiger partial charge on any atom is 0.282 e. The van der Waals surface area contributed by atoms with Crippen LogP contribution in [0.3, 0.4) is 0 Å². The first kappa shape index (κ1) is 21.9. The topological polar surface area (TPSA) is 64.3 Å². The molecule has 30 heavy (non-hydrogen) atoms. The average Bonchev–Trinajstić information content (AvgIpc) is 2.74. The maximum absolute atomic E-state index is 13.6. The van der Waals surface area contributed by atoms with Gasteiger partial charge in [0, 0.05) is 11.3 Å². The van der Waals surface area contributed by atoms with Crippen LogP contribution in [-0.2, 0) is 11.3 Å². The predicted molar refractivity (Wildman–Crippen MR) is 113 cm³/mol. The van der Waals surface area contributed by atoms with E-state index in [1.54, 1.807) is 37.4 Å². The van der Waals surface area contributed by atoms with Gasteiger partial charge in [-0.25, -0.2) is 4.39 Å². The largest absolute Gasteiger partial charge is 0.496 e. The molecule has 3 N–H and O–H groups in total. The van der Waals surface area contributed by atoms with E-state index in [2.05, 4.69) is 5.32 Å². The van der Waals surface area contributed by atoms with Crippen molar-refractivity contribution >= 4 is 17.4 Å². The second-order valence-electron chi connectivity index (χ2n) is 7.89. The average molecular weight is 416 g/mol. The Hall–Kier alpha value is -2.77. The third-order valence-electron chi connectivity index (χ3n) is 5.82. The number of piperazine rings is 1. The van der Waals surface area contributed by atoms with Gasteiger partial charge in [0.15, 0.2) is 11.8 Å². The second-order valence-corrected chi connectivity index (χ2v) is 7.89. The Morgan fingerprint density at radius 1 is 1.13 bits per heavy atom. The van der Waals surface area contributed by atoms with Crippen LogP contribution < -0.4 is 19.9 Å². The molecule has 1 saturated heterocycles. The molecule has 2 aromatic rings. The number of ketones is 1. The Kier molecular flexibility index (Phi) is 7.18. The van der Waals surface area contributed by atoms with Gasteiger partial charge in [-0.05, 0) is 44.2 Å². The highest BCUT2D eigenvalue weighted by molar-refractivity contribution is 5.97. The fraction of sp³-hybridized carbons (Fsp3) is 0.391. The third kappa shape index (κ3) is 5.43. The van der Waals surface area contributed by atoms with Crippen molar-refractivity contribution in [1.82, 2.24) is 0 Å². The van der Waals surface area contributed by atoms with Crippen molar-refractivity contribution < 1.29 is 28.5 Å². The highest BCUT2D eigenvalue weighted by atomic mass is 19.1. The molecule has 160 valence electrons. The number of benzene rings is 2. The Bertz CT molecular complexity index is 910. The molecule has 1 atom stereocenters. The summed E-state index contributed by atoms with van der Waals surface area (Å²) < 4.78 is 19.0. The number of hydrogen-bond donors (Lipinski definition) is 3.